The Kier molecular flexibility index (Phi) is 15.0. The Morgan fingerprint density at radius 2 is 1.48 bits per heavy atom. The van der Waals surface area contributed by atoms with Crippen LogP contribution in [-0.4, -0.2) is 83.9 Å². The lowest BCUT2D eigenvalue weighted by Gasteiger charge is -2.24. The van der Waals surface area contributed by atoms with Crippen LogP contribution in [0.2, 0.25) is 0 Å². The Hall–Kier alpha value is -3.07. The number of primary amides is 1. The fourth-order valence-electron chi connectivity index (χ4n) is 2.62. The summed E-state index contributed by atoms with van der Waals surface area (Å²) < 4.78 is 0. The van der Waals surface area contributed by atoms with E-state index in [0.717, 1.165) is 0 Å². The van der Waals surface area contributed by atoms with Crippen molar-refractivity contribution in [1.82, 2.24) is 16.0 Å². The van der Waals surface area contributed by atoms with Crippen molar-refractivity contribution in [3.8, 4) is 0 Å². The molecule has 0 aliphatic heterocycles. The Balaban J connectivity index is 5.47. The molecule has 0 aliphatic carbocycles. The monoisotopic (exact) mass is 490 g/mol. The van der Waals surface area contributed by atoms with Crippen LogP contribution >= 0.6 is 11.8 Å². The third kappa shape index (κ3) is 13.8. The van der Waals surface area contributed by atoms with Crippen LogP contribution in [0, 0.1) is 0 Å². The second kappa shape index (κ2) is 16.5. The average Bonchev–Trinajstić information content (AvgIpc) is 2.74. The van der Waals surface area contributed by atoms with Gasteiger partial charge in [0.1, 0.15) is 18.1 Å². The van der Waals surface area contributed by atoms with E-state index in [4.69, 9.17) is 22.9 Å². The average molecular weight is 491 g/mol. The number of nitrogens with two attached hydrogens (primary N) is 4. The maximum Gasteiger partial charge on any atom is 0.326 e. The van der Waals surface area contributed by atoms with Gasteiger partial charge in [0, 0.05) is 13.0 Å². The fraction of sp³-hybridized carbons (Fsp3) is 0.667. The molecule has 14 nitrogen and oxygen atoms in total. The van der Waals surface area contributed by atoms with Gasteiger partial charge in [0.15, 0.2) is 5.96 Å². The number of aliphatic carboxylic acids is 1. The van der Waals surface area contributed by atoms with Crippen molar-refractivity contribution in [2.24, 2.45) is 27.9 Å². The number of nitrogens with zero attached hydrogens (tertiary/aromatic N) is 1. The Labute approximate surface area is 196 Å². The summed E-state index contributed by atoms with van der Waals surface area (Å²) in [6, 6.07) is -3.47. The number of rotatable bonds is 17. The summed E-state index contributed by atoms with van der Waals surface area (Å²) in [7, 11) is 0. The first-order valence-electron chi connectivity index (χ1n) is 10.2. The fourth-order valence-corrected chi connectivity index (χ4v) is 3.09. The summed E-state index contributed by atoms with van der Waals surface area (Å²) >= 11 is 1.42. The molecule has 0 heterocycles. The zero-order chi connectivity index (χ0) is 25.4. The van der Waals surface area contributed by atoms with Crippen molar-refractivity contribution < 1.29 is 29.1 Å². The molecule has 0 bridgehead atoms. The van der Waals surface area contributed by atoms with Crippen molar-refractivity contribution in [2.45, 2.75) is 50.2 Å². The van der Waals surface area contributed by atoms with E-state index in [9.17, 15) is 29.1 Å². The smallest absolute Gasteiger partial charge is 0.326 e. The molecule has 188 valence electrons. The molecule has 0 aromatic rings. The lowest BCUT2D eigenvalue weighted by Crippen LogP contribution is -2.56. The first-order chi connectivity index (χ1) is 15.5. The minimum absolute atomic E-state index is 0.0800. The van der Waals surface area contributed by atoms with Crippen LogP contribution in [0.1, 0.15) is 32.1 Å². The van der Waals surface area contributed by atoms with E-state index in [0.29, 0.717) is 12.2 Å². The molecule has 3 atom stereocenters. The molecular formula is C18H34N8O6S. The largest absolute Gasteiger partial charge is 0.480 e. The van der Waals surface area contributed by atoms with Gasteiger partial charge in [-0.2, -0.15) is 11.8 Å². The van der Waals surface area contributed by atoms with Crippen LogP contribution < -0.4 is 38.9 Å². The zero-order valence-corrected chi connectivity index (χ0v) is 19.4. The van der Waals surface area contributed by atoms with Gasteiger partial charge in [-0.1, -0.05) is 0 Å². The molecule has 0 rings (SSSR count). The van der Waals surface area contributed by atoms with Gasteiger partial charge in [-0.3, -0.25) is 24.2 Å². The summed E-state index contributed by atoms with van der Waals surface area (Å²) in [5.41, 5.74) is 20.9. The highest BCUT2D eigenvalue weighted by Crippen LogP contribution is 2.06. The van der Waals surface area contributed by atoms with E-state index < -0.39 is 54.3 Å². The standard InChI is InChI=1S/C18H34N8O6S/c1-33-8-6-12(17(31)32)26-15(29)10(3-2-7-23-18(21)22)25-16(30)11(4-5-13(20)27)24-14(28)9-19/h10-12H,2-9,19H2,1H3,(H2,20,27)(H,24,28)(H,25,30)(H,26,29)(H,31,32)(H4,21,22,23). The van der Waals surface area contributed by atoms with E-state index in [1.807, 2.05) is 0 Å². The van der Waals surface area contributed by atoms with Gasteiger partial charge < -0.3 is 44.0 Å². The third-order valence-electron chi connectivity index (χ3n) is 4.32. The van der Waals surface area contributed by atoms with Crippen molar-refractivity contribution in [3.63, 3.8) is 0 Å². The van der Waals surface area contributed by atoms with Crippen molar-refractivity contribution >= 4 is 47.3 Å². The number of guanidine groups is 1. The van der Waals surface area contributed by atoms with E-state index >= 15 is 0 Å². The van der Waals surface area contributed by atoms with E-state index in [1.165, 1.54) is 11.8 Å². The molecule has 15 heteroatoms. The predicted molar refractivity (Wildman–Crippen MR) is 124 cm³/mol. The van der Waals surface area contributed by atoms with Gasteiger partial charge in [0.2, 0.25) is 23.6 Å². The van der Waals surface area contributed by atoms with E-state index in [1.54, 1.807) is 6.26 Å². The number of hydrogen-bond acceptors (Lipinski definition) is 8. The maximum atomic E-state index is 12.8. The van der Waals surface area contributed by atoms with Gasteiger partial charge in [-0.05, 0) is 37.7 Å². The number of carbonyl (C=O) groups excluding carboxylic acids is 4. The number of aliphatic imine (C=N–C) groups is 1. The van der Waals surface area contributed by atoms with Gasteiger partial charge in [-0.25, -0.2) is 4.79 Å². The van der Waals surface area contributed by atoms with Crippen molar-refractivity contribution in [3.05, 3.63) is 0 Å². The van der Waals surface area contributed by atoms with Crippen LogP contribution in [0.4, 0.5) is 0 Å². The first kappa shape index (κ1) is 29.9. The molecule has 0 aromatic heterocycles. The maximum absolute atomic E-state index is 12.8. The quantitative estimate of drug-likeness (QED) is 0.0568. The molecule has 0 saturated heterocycles. The number of amides is 4. The van der Waals surface area contributed by atoms with Gasteiger partial charge in [-0.15, -0.1) is 0 Å². The van der Waals surface area contributed by atoms with E-state index in [-0.39, 0.29) is 38.2 Å². The molecule has 0 aromatic carbocycles. The second-order valence-corrected chi connectivity index (χ2v) is 8.01. The summed E-state index contributed by atoms with van der Waals surface area (Å²) in [6.45, 7) is -0.218. The molecule has 33 heavy (non-hydrogen) atoms. The molecule has 12 N–H and O–H groups in total. The van der Waals surface area contributed by atoms with Gasteiger partial charge in [0.05, 0.1) is 6.54 Å². The minimum Gasteiger partial charge on any atom is -0.480 e. The van der Waals surface area contributed by atoms with Gasteiger partial charge >= 0.3 is 5.97 Å². The highest BCUT2D eigenvalue weighted by atomic mass is 32.2. The van der Waals surface area contributed by atoms with Crippen LogP contribution in [0.15, 0.2) is 4.99 Å². The topological polar surface area (TPSA) is 258 Å². The summed E-state index contributed by atoms with van der Waals surface area (Å²) in [6.07, 6.45) is 2.05. The number of nitrogens with one attached hydrogen (secondary N) is 3. The third-order valence-corrected chi connectivity index (χ3v) is 4.96. The molecule has 0 spiro atoms. The normalized spacial score (nSPS) is 13.2. The first-order valence-corrected chi connectivity index (χ1v) is 11.6. The van der Waals surface area contributed by atoms with Crippen molar-refractivity contribution in [1.29, 1.82) is 0 Å². The lowest BCUT2D eigenvalue weighted by atomic mass is 10.1. The number of carboxylic acid groups (broad SMARTS) is 1. The zero-order valence-electron chi connectivity index (χ0n) is 18.5. The Bertz CT molecular complexity index is 716. The number of thioether (sulfide) groups is 1. The minimum atomic E-state index is -1.21. The molecule has 0 saturated carbocycles. The highest BCUT2D eigenvalue weighted by Gasteiger charge is 2.29. The lowest BCUT2D eigenvalue weighted by molar-refractivity contribution is -0.142. The molecule has 0 aliphatic rings. The van der Waals surface area contributed by atoms with Crippen LogP contribution in [-0.2, 0) is 24.0 Å². The molecule has 0 fully saturated rings. The molecule has 3 unspecified atom stereocenters. The number of carbonyl (C=O) groups is 5. The molecule has 4 amide bonds. The summed E-state index contributed by atoms with van der Waals surface area (Å²) in [5.74, 6) is -3.65. The van der Waals surface area contributed by atoms with E-state index in [2.05, 4.69) is 20.9 Å². The highest BCUT2D eigenvalue weighted by molar-refractivity contribution is 7.98. The van der Waals surface area contributed by atoms with Crippen LogP contribution in [0.3, 0.4) is 0 Å². The summed E-state index contributed by atoms with van der Waals surface area (Å²) in [5, 5.41) is 16.6. The van der Waals surface area contributed by atoms with Crippen LogP contribution in [0.25, 0.3) is 0 Å². The Morgan fingerprint density at radius 1 is 0.909 bits per heavy atom. The SMILES string of the molecule is CSCCC(NC(=O)C(CCCN=C(N)N)NC(=O)C(CCC(N)=O)NC(=O)CN)C(=O)O. The van der Waals surface area contributed by atoms with Crippen LogP contribution in [0.5, 0.6) is 0 Å². The Morgan fingerprint density at radius 3 is 1.97 bits per heavy atom. The summed E-state index contributed by atoms with van der Waals surface area (Å²) in [4.78, 5) is 63.6. The number of hydrogen-bond donors (Lipinski definition) is 8. The molecule has 0 radical (unpaired) electrons. The van der Waals surface area contributed by atoms with Gasteiger partial charge in [0.25, 0.3) is 0 Å². The number of carboxylic acids is 1. The molecular weight excluding hydrogens is 456 g/mol. The van der Waals surface area contributed by atoms with Crippen molar-refractivity contribution in [2.75, 3.05) is 25.1 Å². The second-order valence-electron chi connectivity index (χ2n) is 7.02. The predicted octanol–water partition coefficient (Wildman–Crippen LogP) is -3.44.